The number of nitro groups is 1. The molecule has 20 heavy (non-hydrogen) atoms. The van der Waals surface area contributed by atoms with Gasteiger partial charge in [0.2, 0.25) is 0 Å². The quantitative estimate of drug-likeness (QED) is 0.599. The van der Waals surface area contributed by atoms with Gasteiger partial charge in [-0.15, -0.1) is 0 Å². The van der Waals surface area contributed by atoms with E-state index < -0.39 is 0 Å². The predicted octanol–water partition coefficient (Wildman–Crippen LogP) is 4.07. The molecule has 0 amide bonds. The van der Waals surface area contributed by atoms with E-state index in [0.29, 0.717) is 6.61 Å². The van der Waals surface area contributed by atoms with Crippen LogP contribution in [0.1, 0.15) is 30.0 Å². The molecule has 0 bridgehead atoms. The van der Waals surface area contributed by atoms with Crippen molar-refractivity contribution in [3.05, 3.63) is 57.2 Å². The van der Waals surface area contributed by atoms with Crippen LogP contribution in [0.5, 0.6) is 0 Å². The lowest BCUT2D eigenvalue weighted by Crippen LogP contribution is -1.94. The Morgan fingerprint density at radius 2 is 2.15 bits per heavy atom. The first-order valence-corrected chi connectivity index (χ1v) is 6.54. The van der Waals surface area contributed by atoms with Crippen molar-refractivity contribution in [1.29, 1.82) is 0 Å². The Hall–Kier alpha value is -2.20. The maximum atomic E-state index is 11.0. The first-order chi connectivity index (χ1) is 9.67. The largest absolute Gasteiger partial charge is 0.381 e. The molecular formula is C16H17NO3. The zero-order valence-corrected chi connectivity index (χ0v) is 11.6. The number of benzene rings is 1. The van der Waals surface area contributed by atoms with Crippen LogP contribution >= 0.6 is 0 Å². The van der Waals surface area contributed by atoms with Crippen LogP contribution in [0, 0.1) is 10.1 Å². The van der Waals surface area contributed by atoms with Crippen LogP contribution in [0.2, 0.25) is 0 Å². The molecule has 0 N–H and O–H groups in total. The van der Waals surface area contributed by atoms with Gasteiger partial charge in [0.15, 0.2) is 0 Å². The van der Waals surface area contributed by atoms with Crippen LogP contribution in [0.15, 0.2) is 30.4 Å². The summed E-state index contributed by atoms with van der Waals surface area (Å²) in [4.78, 5) is 10.7. The lowest BCUT2D eigenvalue weighted by molar-refractivity contribution is -0.384. The Labute approximate surface area is 118 Å². The number of ether oxygens (including phenoxy) is 1. The summed E-state index contributed by atoms with van der Waals surface area (Å²) in [6.45, 7) is 2.56. The van der Waals surface area contributed by atoms with Gasteiger partial charge in [-0.25, -0.2) is 0 Å². The fourth-order valence-corrected chi connectivity index (χ4v) is 2.30. The van der Waals surface area contributed by atoms with Gasteiger partial charge in [-0.1, -0.05) is 37.3 Å². The molecule has 0 unspecified atom stereocenters. The van der Waals surface area contributed by atoms with Crippen LogP contribution in [0.4, 0.5) is 5.69 Å². The molecule has 0 saturated heterocycles. The summed E-state index contributed by atoms with van der Waals surface area (Å²) in [6, 6.07) is 3.23. The van der Waals surface area contributed by atoms with Crippen molar-refractivity contribution in [1.82, 2.24) is 0 Å². The van der Waals surface area contributed by atoms with Crippen molar-refractivity contribution in [2.75, 3.05) is 13.7 Å². The highest BCUT2D eigenvalue weighted by Gasteiger charge is 2.18. The summed E-state index contributed by atoms with van der Waals surface area (Å²) in [5.74, 6) is 0. The number of nitro benzene ring substituents is 1. The number of non-ortho nitro benzene ring substituents is 1. The molecule has 0 atom stereocenters. The fourth-order valence-electron chi connectivity index (χ4n) is 2.30. The molecule has 1 aromatic rings. The Bertz CT molecular complexity index is 612. The van der Waals surface area contributed by atoms with E-state index in [1.165, 1.54) is 0 Å². The van der Waals surface area contributed by atoms with Crippen molar-refractivity contribution < 1.29 is 9.66 Å². The summed E-state index contributed by atoms with van der Waals surface area (Å²) in [5.41, 5.74) is 4.05. The number of fused-ring (bicyclic) bond motifs is 1. The lowest BCUT2D eigenvalue weighted by atomic mass is 9.97. The molecule has 4 nitrogen and oxygen atoms in total. The van der Waals surface area contributed by atoms with Crippen molar-refractivity contribution in [3.63, 3.8) is 0 Å². The van der Waals surface area contributed by atoms with Gasteiger partial charge < -0.3 is 4.74 Å². The number of rotatable bonds is 5. The normalized spacial score (nSPS) is 15.2. The zero-order valence-electron chi connectivity index (χ0n) is 11.6. The van der Waals surface area contributed by atoms with Crippen LogP contribution in [0.3, 0.4) is 0 Å². The first-order valence-electron chi connectivity index (χ1n) is 6.54. The number of hydrogen-bond acceptors (Lipinski definition) is 3. The SMILES string of the molecule is CC/C=C1/C=Cc2cc([N+](=O)[O-])cc(/C=C/COC)c21. The summed E-state index contributed by atoms with van der Waals surface area (Å²) < 4.78 is 4.98. The summed E-state index contributed by atoms with van der Waals surface area (Å²) in [6.07, 6.45) is 10.7. The van der Waals surface area contributed by atoms with Crippen molar-refractivity contribution in [3.8, 4) is 0 Å². The second-order valence-electron chi connectivity index (χ2n) is 4.52. The van der Waals surface area contributed by atoms with Crippen LogP contribution in [0.25, 0.3) is 17.7 Å². The second kappa shape index (κ2) is 6.30. The first kappa shape index (κ1) is 14.2. The van der Waals surface area contributed by atoms with Crippen LogP contribution < -0.4 is 0 Å². The lowest BCUT2D eigenvalue weighted by Gasteiger charge is -2.07. The smallest absolute Gasteiger partial charge is 0.270 e. The summed E-state index contributed by atoms with van der Waals surface area (Å²) in [7, 11) is 1.62. The molecule has 4 heteroatoms. The van der Waals surface area contributed by atoms with E-state index in [4.69, 9.17) is 4.74 Å². The van der Waals surface area contributed by atoms with E-state index in [1.54, 1.807) is 19.2 Å². The molecule has 0 spiro atoms. The van der Waals surface area contributed by atoms with Gasteiger partial charge in [0.25, 0.3) is 5.69 Å². The molecular weight excluding hydrogens is 254 g/mol. The van der Waals surface area contributed by atoms with Gasteiger partial charge in [-0.2, -0.15) is 0 Å². The predicted molar refractivity (Wildman–Crippen MR) is 81.3 cm³/mol. The average molecular weight is 271 g/mol. The third-order valence-corrected chi connectivity index (χ3v) is 3.11. The van der Waals surface area contributed by atoms with Crippen LogP contribution in [-0.4, -0.2) is 18.6 Å². The maximum absolute atomic E-state index is 11.0. The number of hydrogen-bond donors (Lipinski definition) is 0. The third-order valence-electron chi connectivity index (χ3n) is 3.11. The summed E-state index contributed by atoms with van der Waals surface area (Å²) in [5, 5.41) is 11.0. The van der Waals surface area contributed by atoms with Gasteiger partial charge in [-0.05, 0) is 28.7 Å². The minimum Gasteiger partial charge on any atom is -0.381 e. The van der Waals surface area contributed by atoms with Crippen LogP contribution in [-0.2, 0) is 4.74 Å². The zero-order chi connectivity index (χ0) is 14.5. The Balaban J connectivity index is 2.53. The molecule has 0 heterocycles. The molecule has 1 aromatic carbocycles. The van der Waals surface area contributed by atoms with E-state index in [2.05, 4.69) is 13.0 Å². The molecule has 2 rings (SSSR count). The Kier molecular flexibility index (Phi) is 4.48. The van der Waals surface area contributed by atoms with Crippen molar-refractivity contribution in [2.45, 2.75) is 13.3 Å². The van der Waals surface area contributed by atoms with Gasteiger partial charge in [0.05, 0.1) is 11.5 Å². The maximum Gasteiger partial charge on any atom is 0.270 e. The highest BCUT2D eigenvalue weighted by molar-refractivity contribution is 5.94. The minimum atomic E-state index is -0.358. The molecule has 1 aliphatic carbocycles. The number of methoxy groups -OCH3 is 1. The fraction of sp³-hybridized carbons (Fsp3) is 0.250. The van der Waals surface area contributed by atoms with Crippen molar-refractivity contribution in [2.24, 2.45) is 0 Å². The molecule has 0 aliphatic heterocycles. The molecule has 1 aliphatic rings. The number of nitrogens with zero attached hydrogens (tertiary/aromatic N) is 1. The van der Waals surface area contributed by atoms with E-state index in [0.717, 1.165) is 28.7 Å². The van der Waals surface area contributed by atoms with Gasteiger partial charge in [-0.3, -0.25) is 10.1 Å². The van der Waals surface area contributed by atoms with E-state index in [1.807, 2.05) is 24.3 Å². The van der Waals surface area contributed by atoms with Gasteiger partial charge in [0, 0.05) is 19.2 Å². The molecule has 0 aromatic heterocycles. The summed E-state index contributed by atoms with van der Waals surface area (Å²) >= 11 is 0. The van der Waals surface area contributed by atoms with Gasteiger partial charge in [0.1, 0.15) is 0 Å². The highest BCUT2D eigenvalue weighted by atomic mass is 16.6. The minimum absolute atomic E-state index is 0.114. The van der Waals surface area contributed by atoms with Gasteiger partial charge >= 0.3 is 0 Å². The monoisotopic (exact) mass is 271 g/mol. The van der Waals surface area contributed by atoms with E-state index in [-0.39, 0.29) is 10.6 Å². The van der Waals surface area contributed by atoms with E-state index >= 15 is 0 Å². The molecule has 0 fully saturated rings. The standard InChI is InChI=1S/C16H17NO3/c1-3-5-12-7-8-14-11-15(17(18)19)10-13(16(12)14)6-4-9-20-2/h4-8,10-11H,3,9H2,1-2H3/b6-4+,12-5-. The Morgan fingerprint density at radius 1 is 1.35 bits per heavy atom. The topological polar surface area (TPSA) is 52.4 Å². The molecule has 104 valence electrons. The Morgan fingerprint density at radius 3 is 2.80 bits per heavy atom. The molecule has 0 saturated carbocycles. The average Bonchev–Trinajstić information content (AvgIpc) is 2.83. The highest BCUT2D eigenvalue weighted by Crippen LogP contribution is 2.36. The third kappa shape index (κ3) is 2.86. The second-order valence-corrected chi connectivity index (χ2v) is 4.52. The molecule has 0 radical (unpaired) electrons. The van der Waals surface area contributed by atoms with E-state index in [9.17, 15) is 10.1 Å². The van der Waals surface area contributed by atoms with Crippen molar-refractivity contribution >= 4 is 23.4 Å². The number of allylic oxidation sites excluding steroid dienone is 3.